The van der Waals surface area contributed by atoms with Crippen molar-refractivity contribution in [1.29, 1.82) is 0 Å². The molecule has 0 saturated heterocycles. The highest BCUT2D eigenvalue weighted by molar-refractivity contribution is 5.79. The Hall–Kier alpha value is -1.32. The summed E-state index contributed by atoms with van der Waals surface area (Å²) >= 11 is 0. The zero-order valence-electron chi connectivity index (χ0n) is 12.0. The van der Waals surface area contributed by atoms with Crippen LogP contribution in [0, 0.1) is 12.8 Å². The van der Waals surface area contributed by atoms with Crippen LogP contribution in [0.2, 0.25) is 0 Å². The molecule has 0 atom stereocenters. The molecule has 0 spiro atoms. The van der Waals surface area contributed by atoms with E-state index in [-0.39, 0.29) is 5.92 Å². The average Bonchev–Trinajstić information content (AvgIpc) is 2.74. The van der Waals surface area contributed by atoms with E-state index in [0.717, 1.165) is 38.0 Å². The van der Waals surface area contributed by atoms with Crippen LogP contribution in [0.15, 0.2) is 0 Å². The molecule has 1 aliphatic heterocycles. The lowest BCUT2D eigenvalue weighted by molar-refractivity contribution is -0.137. The first-order chi connectivity index (χ1) is 9.16. The summed E-state index contributed by atoms with van der Waals surface area (Å²) in [5, 5.41) is 4.48. The minimum atomic E-state index is 0.282. The molecule has 0 bridgehead atoms. The topological polar surface area (TPSA) is 38.1 Å². The molecule has 1 aromatic heterocycles. The normalized spacial score (nSPS) is 20.4. The molecule has 0 N–H and O–H groups in total. The molecule has 2 heterocycles. The number of amides is 1. The van der Waals surface area contributed by atoms with Gasteiger partial charge in [0, 0.05) is 19.5 Å². The fraction of sp³-hybridized carbons (Fsp3) is 0.733. The van der Waals surface area contributed by atoms with Gasteiger partial charge >= 0.3 is 0 Å². The highest BCUT2D eigenvalue weighted by Crippen LogP contribution is 2.28. The number of rotatable bonds is 1. The van der Waals surface area contributed by atoms with Crippen LogP contribution in [-0.2, 0) is 24.8 Å². The molecule has 4 heteroatoms. The number of aromatic nitrogens is 2. The molecule has 19 heavy (non-hydrogen) atoms. The number of hydrogen-bond donors (Lipinski definition) is 0. The summed E-state index contributed by atoms with van der Waals surface area (Å²) in [4.78, 5) is 14.6. The first-order valence-corrected chi connectivity index (χ1v) is 7.47. The summed E-state index contributed by atoms with van der Waals surface area (Å²) < 4.78 is 1.95. The van der Waals surface area contributed by atoms with Crippen molar-refractivity contribution in [2.45, 2.75) is 52.0 Å². The minimum Gasteiger partial charge on any atom is -0.336 e. The van der Waals surface area contributed by atoms with Gasteiger partial charge in [-0.15, -0.1) is 0 Å². The number of aryl methyl sites for hydroxylation is 2. The molecule has 1 amide bonds. The molecule has 4 nitrogen and oxygen atoms in total. The average molecular weight is 261 g/mol. The molecule has 1 aromatic rings. The largest absolute Gasteiger partial charge is 0.336 e. The van der Waals surface area contributed by atoms with Crippen molar-refractivity contribution in [1.82, 2.24) is 14.7 Å². The molecule has 1 aliphatic carbocycles. The van der Waals surface area contributed by atoms with Crippen LogP contribution < -0.4 is 0 Å². The predicted molar refractivity (Wildman–Crippen MR) is 73.6 cm³/mol. The van der Waals surface area contributed by atoms with Gasteiger partial charge in [-0.3, -0.25) is 9.48 Å². The second-order valence-electron chi connectivity index (χ2n) is 5.98. The van der Waals surface area contributed by atoms with E-state index in [1.807, 2.05) is 11.7 Å². The Labute approximate surface area is 114 Å². The maximum atomic E-state index is 12.6. The van der Waals surface area contributed by atoms with Crippen molar-refractivity contribution in [2.24, 2.45) is 13.0 Å². The number of fused-ring (bicyclic) bond motifs is 1. The first-order valence-electron chi connectivity index (χ1n) is 7.47. The van der Waals surface area contributed by atoms with Crippen molar-refractivity contribution in [3.05, 3.63) is 17.0 Å². The van der Waals surface area contributed by atoms with E-state index in [1.54, 1.807) is 0 Å². The Morgan fingerprint density at radius 1 is 1.26 bits per heavy atom. The summed E-state index contributed by atoms with van der Waals surface area (Å²) in [6.45, 7) is 3.69. The molecule has 0 aromatic carbocycles. The lowest BCUT2D eigenvalue weighted by atomic mass is 9.88. The van der Waals surface area contributed by atoms with Crippen LogP contribution in [0.3, 0.4) is 0 Å². The van der Waals surface area contributed by atoms with Gasteiger partial charge in [0.15, 0.2) is 0 Å². The van der Waals surface area contributed by atoms with Crippen molar-refractivity contribution in [2.75, 3.05) is 6.54 Å². The van der Waals surface area contributed by atoms with Gasteiger partial charge in [0.1, 0.15) is 0 Å². The predicted octanol–water partition coefficient (Wildman–Crippen LogP) is 2.19. The maximum Gasteiger partial charge on any atom is 0.226 e. The van der Waals surface area contributed by atoms with Crippen molar-refractivity contribution in [3.63, 3.8) is 0 Å². The number of nitrogens with zero attached hydrogens (tertiary/aromatic N) is 3. The van der Waals surface area contributed by atoms with E-state index >= 15 is 0 Å². The highest BCUT2D eigenvalue weighted by atomic mass is 16.2. The smallest absolute Gasteiger partial charge is 0.226 e. The summed E-state index contributed by atoms with van der Waals surface area (Å²) in [5.74, 6) is 0.661. The van der Waals surface area contributed by atoms with Gasteiger partial charge in [-0.1, -0.05) is 19.3 Å². The van der Waals surface area contributed by atoms with E-state index in [2.05, 4.69) is 16.9 Å². The van der Waals surface area contributed by atoms with Gasteiger partial charge in [-0.2, -0.15) is 5.10 Å². The fourth-order valence-corrected chi connectivity index (χ4v) is 3.58. The lowest BCUT2D eigenvalue weighted by Crippen LogP contribution is -2.40. The van der Waals surface area contributed by atoms with Crippen LogP contribution in [0.5, 0.6) is 0 Å². The third-order valence-corrected chi connectivity index (χ3v) is 4.71. The monoisotopic (exact) mass is 261 g/mol. The van der Waals surface area contributed by atoms with E-state index in [9.17, 15) is 4.79 Å². The van der Waals surface area contributed by atoms with Gasteiger partial charge in [0.05, 0.1) is 17.9 Å². The molecule has 104 valence electrons. The quantitative estimate of drug-likeness (QED) is 0.777. The molecular weight excluding hydrogens is 238 g/mol. The van der Waals surface area contributed by atoms with E-state index < -0.39 is 0 Å². The number of carbonyl (C=O) groups is 1. The summed E-state index contributed by atoms with van der Waals surface area (Å²) in [6, 6.07) is 0. The molecule has 3 rings (SSSR count). The van der Waals surface area contributed by atoms with Crippen molar-refractivity contribution >= 4 is 5.91 Å². The Kier molecular flexibility index (Phi) is 3.33. The van der Waals surface area contributed by atoms with Crippen LogP contribution in [0.1, 0.15) is 49.1 Å². The SMILES string of the molecule is Cc1nn(C)c2c1CCN(C(=O)C1CCCCC1)C2. The van der Waals surface area contributed by atoms with Crippen LogP contribution >= 0.6 is 0 Å². The Morgan fingerprint density at radius 3 is 2.74 bits per heavy atom. The minimum absolute atomic E-state index is 0.282. The van der Waals surface area contributed by atoms with E-state index in [1.165, 1.54) is 30.5 Å². The van der Waals surface area contributed by atoms with Crippen molar-refractivity contribution < 1.29 is 4.79 Å². The van der Waals surface area contributed by atoms with E-state index in [0.29, 0.717) is 5.91 Å². The molecule has 1 saturated carbocycles. The van der Waals surface area contributed by atoms with Gasteiger partial charge in [0.25, 0.3) is 0 Å². The second kappa shape index (κ2) is 4.99. The van der Waals surface area contributed by atoms with Crippen LogP contribution in [-0.4, -0.2) is 27.1 Å². The summed E-state index contributed by atoms with van der Waals surface area (Å²) in [5.41, 5.74) is 3.71. The number of hydrogen-bond acceptors (Lipinski definition) is 2. The van der Waals surface area contributed by atoms with Crippen LogP contribution in [0.4, 0.5) is 0 Å². The summed E-state index contributed by atoms with van der Waals surface area (Å²) in [7, 11) is 1.99. The standard InChI is InChI=1S/C15H23N3O/c1-11-13-8-9-18(10-14(13)17(2)16-11)15(19)12-6-4-3-5-7-12/h12H,3-10H2,1-2H3. The first kappa shape index (κ1) is 12.7. The zero-order valence-corrected chi connectivity index (χ0v) is 12.0. The van der Waals surface area contributed by atoms with Gasteiger partial charge < -0.3 is 4.90 Å². The van der Waals surface area contributed by atoms with Gasteiger partial charge in [-0.25, -0.2) is 0 Å². The van der Waals surface area contributed by atoms with Crippen LogP contribution in [0.25, 0.3) is 0 Å². The lowest BCUT2D eigenvalue weighted by Gasteiger charge is -2.32. The van der Waals surface area contributed by atoms with Crippen molar-refractivity contribution in [3.8, 4) is 0 Å². The van der Waals surface area contributed by atoms with E-state index in [4.69, 9.17) is 0 Å². The Balaban J connectivity index is 1.74. The Morgan fingerprint density at radius 2 is 2.00 bits per heavy atom. The molecule has 0 unspecified atom stereocenters. The fourth-order valence-electron chi connectivity index (χ4n) is 3.58. The molecule has 0 radical (unpaired) electrons. The third-order valence-electron chi connectivity index (χ3n) is 4.71. The van der Waals surface area contributed by atoms with Gasteiger partial charge in [0.2, 0.25) is 5.91 Å². The summed E-state index contributed by atoms with van der Waals surface area (Å²) in [6.07, 6.45) is 6.89. The zero-order chi connectivity index (χ0) is 13.4. The van der Waals surface area contributed by atoms with Gasteiger partial charge in [-0.05, 0) is 31.7 Å². The maximum absolute atomic E-state index is 12.6. The molecule has 1 fully saturated rings. The molecular formula is C15H23N3O. The highest BCUT2D eigenvalue weighted by Gasteiger charge is 2.30. The Bertz CT molecular complexity index is 486. The molecule has 2 aliphatic rings. The second-order valence-corrected chi connectivity index (χ2v) is 5.98. The third kappa shape index (κ3) is 2.28. The number of carbonyl (C=O) groups excluding carboxylic acids is 1.